The minimum absolute atomic E-state index is 0. The molecule has 39 heavy (non-hydrogen) atoms. The zero-order chi connectivity index (χ0) is 27.0. The second-order valence-electron chi connectivity index (χ2n) is 9.08. The molecule has 1 N–H and O–H groups in total. The molecule has 1 saturated heterocycles. The van der Waals surface area contributed by atoms with Crippen molar-refractivity contribution < 1.29 is 66.9 Å². The largest absolute Gasteiger partial charge is 1.00 e. The average Bonchev–Trinajstić information content (AvgIpc) is 2.86. The van der Waals surface area contributed by atoms with Crippen LogP contribution in [-0.2, 0) is 11.0 Å². The predicted octanol–water partition coefficient (Wildman–Crippen LogP) is 1.39. The molecular formula is C27H21ClF3N2NaO5. The zero-order valence-electron chi connectivity index (χ0n) is 20.8. The van der Waals surface area contributed by atoms with E-state index in [4.69, 9.17) is 21.1 Å². The van der Waals surface area contributed by atoms with Gasteiger partial charge in [-0.05, 0) is 55.0 Å². The molecule has 1 atom stereocenters. The molecule has 2 aliphatic heterocycles. The second-order valence-corrected chi connectivity index (χ2v) is 9.49. The Hall–Kier alpha value is -2.92. The van der Waals surface area contributed by atoms with Gasteiger partial charge in [-0.1, -0.05) is 17.7 Å². The van der Waals surface area contributed by atoms with Crippen molar-refractivity contribution >= 4 is 29.2 Å². The van der Waals surface area contributed by atoms with E-state index in [-0.39, 0.29) is 58.9 Å². The number of ether oxygens (including phenoxy) is 2. The summed E-state index contributed by atoms with van der Waals surface area (Å²) in [5, 5.41) is 14.5. The number of hydrogen-bond acceptors (Lipinski definition) is 6. The molecule has 3 aromatic carbocycles. The number of benzene rings is 3. The number of anilines is 1. The van der Waals surface area contributed by atoms with Crippen LogP contribution in [0.4, 0.5) is 18.9 Å². The van der Waals surface area contributed by atoms with Gasteiger partial charge >= 0.3 is 35.7 Å². The zero-order valence-corrected chi connectivity index (χ0v) is 23.5. The van der Waals surface area contributed by atoms with Crippen LogP contribution in [0.5, 0.6) is 17.2 Å². The van der Waals surface area contributed by atoms with E-state index in [1.165, 1.54) is 18.2 Å². The standard InChI is InChI=1S/C27H22ClF3N2O5.Na/c28-22-11-21-20(26(35)36)8-9-37-23(21)12-24(22)38-19-6-4-15(5-7-19)25(34)32-17-13-33(14-17)18-3-1-2-16(10-18)27(29,30)31;/h1-7,10-12,17,20H,8-9,13-14H2,(H,32,34)(H,35,36);/q;+1/p-1. The summed E-state index contributed by atoms with van der Waals surface area (Å²) < 4.78 is 50.2. The Kier molecular flexibility index (Phi) is 8.70. The summed E-state index contributed by atoms with van der Waals surface area (Å²) in [4.78, 5) is 25.8. The third kappa shape index (κ3) is 6.46. The minimum atomic E-state index is -4.41. The van der Waals surface area contributed by atoms with Gasteiger partial charge in [-0.15, -0.1) is 0 Å². The summed E-state index contributed by atoms with van der Waals surface area (Å²) in [7, 11) is 0. The fraction of sp³-hybridized carbons (Fsp3) is 0.259. The number of carbonyl (C=O) groups excluding carboxylic acids is 2. The summed E-state index contributed by atoms with van der Waals surface area (Å²) in [6.07, 6.45) is -4.12. The number of amides is 1. The maximum atomic E-state index is 12.9. The van der Waals surface area contributed by atoms with Gasteiger partial charge in [0.05, 0.1) is 23.2 Å². The molecule has 0 bridgehead atoms. The molecule has 1 unspecified atom stereocenters. The number of halogens is 4. The van der Waals surface area contributed by atoms with Crippen molar-refractivity contribution in [2.45, 2.75) is 24.6 Å². The summed E-state index contributed by atoms with van der Waals surface area (Å²) in [5.41, 5.74) is 0.554. The van der Waals surface area contributed by atoms with E-state index in [0.29, 0.717) is 47.8 Å². The number of hydrogen-bond donors (Lipinski definition) is 1. The number of fused-ring (bicyclic) bond motifs is 1. The van der Waals surface area contributed by atoms with E-state index >= 15 is 0 Å². The molecule has 0 saturated carbocycles. The second kappa shape index (κ2) is 11.7. The first-order valence-corrected chi connectivity index (χ1v) is 12.1. The average molecular weight is 569 g/mol. The van der Waals surface area contributed by atoms with E-state index in [9.17, 15) is 27.9 Å². The van der Waals surface area contributed by atoms with Gasteiger partial charge in [0.1, 0.15) is 17.2 Å². The predicted molar refractivity (Wildman–Crippen MR) is 131 cm³/mol. The van der Waals surface area contributed by atoms with Gasteiger partial charge in [0, 0.05) is 47.9 Å². The van der Waals surface area contributed by atoms with Gasteiger partial charge < -0.3 is 29.6 Å². The Balaban J connectivity index is 0.00000353. The Morgan fingerprint density at radius 3 is 2.46 bits per heavy atom. The van der Waals surface area contributed by atoms with Gasteiger partial charge in [-0.2, -0.15) is 13.2 Å². The van der Waals surface area contributed by atoms with Crippen molar-refractivity contribution in [2.75, 3.05) is 24.6 Å². The molecule has 1 amide bonds. The summed E-state index contributed by atoms with van der Waals surface area (Å²) >= 11 is 6.31. The van der Waals surface area contributed by atoms with Crippen molar-refractivity contribution in [3.05, 3.63) is 82.4 Å². The van der Waals surface area contributed by atoms with Crippen molar-refractivity contribution in [2.24, 2.45) is 0 Å². The fourth-order valence-electron chi connectivity index (χ4n) is 4.44. The first kappa shape index (κ1) is 29.1. The molecule has 0 aliphatic carbocycles. The van der Waals surface area contributed by atoms with Gasteiger partial charge in [-0.25, -0.2) is 0 Å². The molecule has 3 aromatic rings. The van der Waals surface area contributed by atoms with Crippen LogP contribution in [0, 0.1) is 0 Å². The number of carboxylic acids is 1. The van der Waals surface area contributed by atoms with Gasteiger partial charge in [0.15, 0.2) is 0 Å². The van der Waals surface area contributed by atoms with Crippen LogP contribution in [-0.4, -0.2) is 37.6 Å². The number of nitrogens with zero attached hydrogens (tertiary/aromatic N) is 1. The van der Waals surface area contributed by atoms with E-state index in [0.717, 1.165) is 12.1 Å². The van der Waals surface area contributed by atoms with Crippen LogP contribution in [0.2, 0.25) is 5.02 Å². The van der Waals surface area contributed by atoms with Crippen molar-refractivity contribution in [1.29, 1.82) is 0 Å². The maximum absolute atomic E-state index is 12.9. The molecule has 0 spiro atoms. The van der Waals surface area contributed by atoms with E-state index in [1.54, 1.807) is 35.2 Å². The van der Waals surface area contributed by atoms with Gasteiger partial charge in [0.25, 0.3) is 5.91 Å². The van der Waals surface area contributed by atoms with Crippen molar-refractivity contribution in [1.82, 2.24) is 5.32 Å². The monoisotopic (exact) mass is 568 g/mol. The van der Waals surface area contributed by atoms with Crippen LogP contribution < -0.4 is 54.4 Å². The number of carboxylic acid groups (broad SMARTS) is 1. The minimum Gasteiger partial charge on any atom is -0.549 e. The smallest absolute Gasteiger partial charge is 0.549 e. The Morgan fingerprint density at radius 1 is 1.08 bits per heavy atom. The summed E-state index contributed by atoms with van der Waals surface area (Å²) in [6.45, 7) is 1.02. The van der Waals surface area contributed by atoms with E-state index in [1.807, 2.05) is 0 Å². The number of rotatable bonds is 6. The Labute approximate surface area is 249 Å². The quantitative estimate of drug-likeness (QED) is 0.452. The van der Waals surface area contributed by atoms with Crippen LogP contribution in [0.25, 0.3) is 0 Å². The molecule has 2 heterocycles. The fourth-order valence-corrected chi connectivity index (χ4v) is 4.65. The first-order valence-electron chi connectivity index (χ1n) is 11.8. The van der Waals surface area contributed by atoms with Gasteiger partial charge in [0.2, 0.25) is 0 Å². The first-order chi connectivity index (χ1) is 18.1. The Bertz CT molecular complexity index is 1380. The SMILES string of the molecule is O=C(NC1CN(c2cccc(C(F)(F)F)c2)C1)c1ccc(Oc2cc3c(cc2Cl)C(C(=O)[O-])CCO3)cc1.[Na+]. The third-order valence-electron chi connectivity index (χ3n) is 6.49. The number of nitrogens with one attached hydrogen (secondary N) is 1. The topological polar surface area (TPSA) is 90.9 Å². The van der Waals surface area contributed by atoms with Crippen LogP contribution in [0.15, 0.2) is 60.7 Å². The maximum Gasteiger partial charge on any atom is 1.00 e. The summed E-state index contributed by atoms with van der Waals surface area (Å²) in [5.74, 6) is -1.30. The van der Waals surface area contributed by atoms with E-state index in [2.05, 4.69) is 5.32 Å². The Morgan fingerprint density at radius 2 is 1.79 bits per heavy atom. The number of aliphatic carboxylic acids is 1. The van der Waals surface area contributed by atoms with Crippen molar-refractivity contribution in [3.63, 3.8) is 0 Å². The molecule has 1 fully saturated rings. The molecule has 2 aliphatic rings. The molecule has 0 radical (unpaired) electrons. The summed E-state index contributed by atoms with van der Waals surface area (Å²) in [6, 6.07) is 14.2. The molecular weight excluding hydrogens is 548 g/mol. The third-order valence-corrected chi connectivity index (χ3v) is 6.78. The molecule has 12 heteroatoms. The number of alkyl halides is 3. The van der Waals surface area contributed by atoms with Crippen molar-refractivity contribution in [3.8, 4) is 17.2 Å². The van der Waals surface area contributed by atoms with Crippen LogP contribution in [0.3, 0.4) is 0 Å². The molecule has 0 aromatic heterocycles. The van der Waals surface area contributed by atoms with Crippen LogP contribution >= 0.6 is 11.6 Å². The molecule has 198 valence electrons. The molecule has 5 rings (SSSR count). The van der Waals surface area contributed by atoms with Gasteiger partial charge in [-0.3, -0.25) is 4.79 Å². The molecule has 7 nitrogen and oxygen atoms in total. The van der Waals surface area contributed by atoms with E-state index < -0.39 is 23.6 Å². The van der Waals surface area contributed by atoms with Crippen LogP contribution in [0.1, 0.15) is 33.8 Å². The number of carbonyl (C=O) groups is 2. The normalized spacial score (nSPS) is 16.7.